The lowest BCUT2D eigenvalue weighted by Gasteiger charge is -2.28. The Morgan fingerprint density at radius 2 is 1.83 bits per heavy atom. The van der Waals surface area contributed by atoms with Crippen LogP contribution in [0, 0.1) is 0 Å². The van der Waals surface area contributed by atoms with Gasteiger partial charge in [-0.2, -0.15) is 0 Å². The SMILES string of the molecule is CCOc1ccc(CN(C)C(=O)CN2CCCC2c2cc(OC)ccc2OC)cc1. The van der Waals surface area contributed by atoms with Crippen LogP contribution in [-0.2, 0) is 11.3 Å². The molecule has 0 aromatic heterocycles. The lowest BCUT2D eigenvalue weighted by Crippen LogP contribution is -2.37. The Hall–Kier alpha value is -2.73. The van der Waals surface area contributed by atoms with Gasteiger partial charge in [-0.15, -0.1) is 0 Å². The molecule has 1 unspecified atom stereocenters. The Labute approximate surface area is 179 Å². The highest BCUT2D eigenvalue weighted by molar-refractivity contribution is 5.78. The minimum absolute atomic E-state index is 0.109. The molecule has 0 aliphatic carbocycles. The Balaban J connectivity index is 1.65. The van der Waals surface area contributed by atoms with E-state index in [9.17, 15) is 4.79 Å². The first-order valence-electron chi connectivity index (χ1n) is 10.5. The molecule has 1 heterocycles. The summed E-state index contributed by atoms with van der Waals surface area (Å²) in [7, 11) is 5.20. The van der Waals surface area contributed by atoms with E-state index in [1.807, 2.05) is 56.4 Å². The summed E-state index contributed by atoms with van der Waals surface area (Å²) < 4.78 is 16.5. The number of carbonyl (C=O) groups excluding carboxylic acids is 1. The summed E-state index contributed by atoms with van der Waals surface area (Å²) in [4.78, 5) is 17.0. The summed E-state index contributed by atoms with van der Waals surface area (Å²) in [6.07, 6.45) is 2.06. The van der Waals surface area contributed by atoms with Gasteiger partial charge in [0, 0.05) is 25.2 Å². The Morgan fingerprint density at radius 3 is 2.50 bits per heavy atom. The van der Waals surface area contributed by atoms with Crippen LogP contribution in [0.2, 0.25) is 0 Å². The van der Waals surface area contributed by atoms with E-state index in [1.165, 1.54) is 0 Å². The highest BCUT2D eigenvalue weighted by atomic mass is 16.5. The molecule has 1 aliphatic heterocycles. The minimum atomic E-state index is 0.109. The number of ether oxygens (including phenoxy) is 3. The van der Waals surface area contributed by atoms with Gasteiger partial charge in [-0.05, 0) is 62.2 Å². The molecule has 1 fully saturated rings. The van der Waals surface area contributed by atoms with Crippen LogP contribution in [0.15, 0.2) is 42.5 Å². The van der Waals surface area contributed by atoms with Crippen LogP contribution >= 0.6 is 0 Å². The van der Waals surface area contributed by atoms with Crippen LogP contribution in [-0.4, -0.2) is 56.7 Å². The van der Waals surface area contributed by atoms with Gasteiger partial charge in [-0.25, -0.2) is 0 Å². The van der Waals surface area contributed by atoms with Crippen molar-refractivity contribution < 1.29 is 19.0 Å². The van der Waals surface area contributed by atoms with Crippen molar-refractivity contribution in [1.82, 2.24) is 9.80 Å². The van der Waals surface area contributed by atoms with Gasteiger partial charge in [0.05, 0.1) is 27.4 Å². The fourth-order valence-corrected chi connectivity index (χ4v) is 3.98. The summed E-state index contributed by atoms with van der Waals surface area (Å²) in [5, 5.41) is 0. The number of likely N-dealkylation sites (N-methyl/N-ethyl adjacent to an activating group) is 1. The Bertz CT molecular complexity index is 838. The smallest absolute Gasteiger partial charge is 0.236 e. The number of rotatable bonds is 9. The van der Waals surface area contributed by atoms with E-state index in [0.717, 1.165) is 47.8 Å². The first-order valence-corrected chi connectivity index (χ1v) is 10.5. The summed E-state index contributed by atoms with van der Waals surface area (Å²) in [6, 6.07) is 13.9. The molecule has 1 amide bonds. The monoisotopic (exact) mass is 412 g/mol. The molecule has 2 aromatic rings. The first kappa shape index (κ1) is 22.0. The topological polar surface area (TPSA) is 51.2 Å². The summed E-state index contributed by atoms with van der Waals surface area (Å²) in [5.74, 6) is 2.60. The first-order chi connectivity index (χ1) is 14.5. The third-order valence-electron chi connectivity index (χ3n) is 5.58. The van der Waals surface area contributed by atoms with Crippen molar-refractivity contribution in [3.63, 3.8) is 0 Å². The molecule has 162 valence electrons. The second-order valence-electron chi connectivity index (χ2n) is 7.56. The van der Waals surface area contributed by atoms with Gasteiger partial charge in [0.15, 0.2) is 0 Å². The average molecular weight is 413 g/mol. The van der Waals surface area contributed by atoms with E-state index >= 15 is 0 Å². The zero-order valence-corrected chi connectivity index (χ0v) is 18.4. The van der Waals surface area contributed by atoms with Crippen molar-refractivity contribution in [2.45, 2.75) is 32.4 Å². The van der Waals surface area contributed by atoms with Gasteiger partial charge >= 0.3 is 0 Å². The summed E-state index contributed by atoms with van der Waals surface area (Å²) in [5.41, 5.74) is 2.16. The van der Waals surface area contributed by atoms with Gasteiger partial charge in [0.2, 0.25) is 5.91 Å². The molecule has 3 rings (SSSR count). The molecular weight excluding hydrogens is 380 g/mol. The number of likely N-dealkylation sites (tertiary alicyclic amines) is 1. The summed E-state index contributed by atoms with van der Waals surface area (Å²) >= 11 is 0. The number of amides is 1. The quantitative estimate of drug-likeness (QED) is 0.625. The van der Waals surface area contributed by atoms with Gasteiger partial charge < -0.3 is 19.1 Å². The van der Waals surface area contributed by atoms with E-state index in [1.54, 1.807) is 19.1 Å². The van der Waals surface area contributed by atoms with Crippen molar-refractivity contribution in [1.29, 1.82) is 0 Å². The minimum Gasteiger partial charge on any atom is -0.497 e. The molecule has 0 radical (unpaired) electrons. The predicted octanol–water partition coefficient (Wildman–Crippen LogP) is 3.90. The maximum atomic E-state index is 12.9. The van der Waals surface area contributed by atoms with E-state index in [-0.39, 0.29) is 11.9 Å². The molecule has 1 aliphatic rings. The van der Waals surface area contributed by atoms with E-state index in [2.05, 4.69) is 4.90 Å². The zero-order valence-electron chi connectivity index (χ0n) is 18.4. The Morgan fingerprint density at radius 1 is 1.10 bits per heavy atom. The van der Waals surface area contributed by atoms with Crippen LogP contribution in [0.1, 0.15) is 36.9 Å². The highest BCUT2D eigenvalue weighted by Crippen LogP contribution is 2.38. The van der Waals surface area contributed by atoms with E-state index < -0.39 is 0 Å². The van der Waals surface area contributed by atoms with Gasteiger partial charge in [-0.3, -0.25) is 9.69 Å². The highest BCUT2D eigenvalue weighted by Gasteiger charge is 2.30. The van der Waals surface area contributed by atoms with Crippen LogP contribution in [0.4, 0.5) is 0 Å². The lowest BCUT2D eigenvalue weighted by atomic mass is 10.0. The van der Waals surface area contributed by atoms with E-state index in [4.69, 9.17) is 14.2 Å². The van der Waals surface area contributed by atoms with Crippen LogP contribution < -0.4 is 14.2 Å². The maximum Gasteiger partial charge on any atom is 0.236 e. The van der Waals surface area contributed by atoms with Crippen molar-refractivity contribution in [3.8, 4) is 17.2 Å². The maximum absolute atomic E-state index is 12.9. The fourth-order valence-electron chi connectivity index (χ4n) is 3.98. The predicted molar refractivity (Wildman–Crippen MR) is 117 cm³/mol. The second-order valence-corrected chi connectivity index (χ2v) is 7.56. The third kappa shape index (κ3) is 5.25. The normalized spacial score (nSPS) is 16.3. The number of hydrogen-bond donors (Lipinski definition) is 0. The number of methoxy groups -OCH3 is 2. The molecular formula is C24H32N2O4. The molecule has 1 atom stereocenters. The molecule has 0 saturated carbocycles. The third-order valence-corrected chi connectivity index (χ3v) is 5.58. The van der Waals surface area contributed by atoms with Crippen molar-refractivity contribution in [2.75, 3.05) is 41.0 Å². The summed E-state index contributed by atoms with van der Waals surface area (Å²) in [6.45, 7) is 4.47. The number of hydrogen-bond acceptors (Lipinski definition) is 5. The molecule has 6 heteroatoms. The van der Waals surface area contributed by atoms with Crippen molar-refractivity contribution >= 4 is 5.91 Å². The second kappa shape index (κ2) is 10.3. The van der Waals surface area contributed by atoms with Crippen LogP contribution in [0.25, 0.3) is 0 Å². The van der Waals surface area contributed by atoms with E-state index in [0.29, 0.717) is 19.7 Å². The Kier molecular flexibility index (Phi) is 7.57. The fraction of sp³-hybridized carbons (Fsp3) is 0.458. The van der Waals surface area contributed by atoms with Crippen LogP contribution in [0.5, 0.6) is 17.2 Å². The molecule has 0 spiro atoms. The van der Waals surface area contributed by atoms with Crippen molar-refractivity contribution in [2.24, 2.45) is 0 Å². The van der Waals surface area contributed by atoms with Gasteiger partial charge in [-0.1, -0.05) is 12.1 Å². The number of carbonyl (C=O) groups is 1. The molecule has 6 nitrogen and oxygen atoms in total. The standard InChI is InChI=1S/C24H32N2O4/c1-5-30-19-10-8-18(9-11-19)16-25(2)24(27)17-26-14-6-7-22(26)21-15-20(28-3)12-13-23(21)29-4/h8-13,15,22H,5-7,14,16-17H2,1-4H3. The average Bonchev–Trinajstić information content (AvgIpc) is 3.22. The molecule has 2 aromatic carbocycles. The number of nitrogens with zero attached hydrogens (tertiary/aromatic N) is 2. The van der Waals surface area contributed by atoms with Gasteiger partial charge in [0.1, 0.15) is 17.2 Å². The molecule has 0 N–H and O–H groups in total. The van der Waals surface area contributed by atoms with Gasteiger partial charge in [0.25, 0.3) is 0 Å². The van der Waals surface area contributed by atoms with Crippen LogP contribution in [0.3, 0.4) is 0 Å². The molecule has 0 bridgehead atoms. The largest absolute Gasteiger partial charge is 0.497 e. The lowest BCUT2D eigenvalue weighted by molar-refractivity contribution is -0.131. The molecule has 1 saturated heterocycles. The molecule has 30 heavy (non-hydrogen) atoms. The van der Waals surface area contributed by atoms with Crippen molar-refractivity contribution in [3.05, 3.63) is 53.6 Å². The number of benzene rings is 2. The zero-order chi connectivity index (χ0) is 21.5.